The molecule has 4 unspecified atom stereocenters. The molecular formula is C31H53NO5. The van der Waals surface area contributed by atoms with E-state index in [2.05, 4.69) is 45.2 Å². The van der Waals surface area contributed by atoms with Crippen LogP contribution in [-0.4, -0.2) is 36.6 Å². The Balaban J connectivity index is 2.85. The molecule has 0 aliphatic carbocycles. The lowest BCUT2D eigenvalue weighted by Gasteiger charge is -2.37. The summed E-state index contributed by atoms with van der Waals surface area (Å²) in [5, 5.41) is 2.61. The number of amides is 1. The van der Waals surface area contributed by atoms with E-state index < -0.39 is 18.1 Å². The molecule has 1 aliphatic rings. The Bertz CT molecular complexity index is 742. The van der Waals surface area contributed by atoms with Crippen LogP contribution in [0.4, 0.5) is 0 Å². The van der Waals surface area contributed by atoms with Gasteiger partial charge in [0.05, 0.1) is 5.92 Å². The summed E-state index contributed by atoms with van der Waals surface area (Å²) < 4.78 is 11.5. The van der Waals surface area contributed by atoms with Gasteiger partial charge >= 0.3 is 11.9 Å². The molecule has 1 saturated heterocycles. The molecule has 1 N–H and O–H groups in total. The van der Waals surface area contributed by atoms with Crippen LogP contribution >= 0.6 is 0 Å². The minimum atomic E-state index is -0.674. The largest absolute Gasteiger partial charge is 0.461 e. The number of carbonyl (C=O) groups is 3. The van der Waals surface area contributed by atoms with Crippen molar-refractivity contribution < 1.29 is 23.9 Å². The SMILES string of the molecule is CCCCCCC1C(=O)OC1CC(C/C(C)=C/C/C=C(\C)CCCCC)OC(=O)C(CC(C)C)NC=O. The van der Waals surface area contributed by atoms with Crippen LogP contribution in [0.1, 0.15) is 125 Å². The summed E-state index contributed by atoms with van der Waals surface area (Å²) in [6, 6.07) is -0.674. The smallest absolute Gasteiger partial charge is 0.328 e. The van der Waals surface area contributed by atoms with E-state index in [9.17, 15) is 14.4 Å². The fourth-order valence-electron chi connectivity index (χ4n) is 4.83. The van der Waals surface area contributed by atoms with Gasteiger partial charge in [-0.3, -0.25) is 9.59 Å². The number of rotatable bonds is 21. The first-order valence-electron chi connectivity index (χ1n) is 14.6. The van der Waals surface area contributed by atoms with Crippen LogP contribution in [0.5, 0.6) is 0 Å². The average molecular weight is 520 g/mol. The highest BCUT2D eigenvalue weighted by atomic mass is 16.6. The normalized spacial score (nSPS) is 19.7. The number of unbranched alkanes of at least 4 members (excludes halogenated alkanes) is 5. The van der Waals surface area contributed by atoms with Crippen molar-refractivity contribution in [1.29, 1.82) is 0 Å². The molecule has 0 aromatic carbocycles. The number of hydrogen-bond acceptors (Lipinski definition) is 5. The fraction of sp³-hybridized carbons (Fsp3) is 0.774. The third kappa shape index (κ3) is 13.8. The summed E-state index contributed by atoms with van der Waals surface area (Å²) in [4.78, 5) is 36.2. The first-order chi connectivity index (χ1) is 17.7. The zero-order valence-corrected chi connectivity index (χ0v) is 24.4. The van der Waals surface area contributed by atoms with Crippen LogP contribution < -0.4 is 5.32 Å². The van der Waals surface area contributed by atoms with Gasteiger partial charge in [0, 0.05) is 12.8 Å². The molecule has 6 nitrogen and oxygen atoms in total. The number of allylic oxidation sites excluding steroid dienone is 3. The molecule has 0 spiro atoms. The molecule has 4 atom stereocenters. The van der Waals surface area contributed by atoms with Gasteiger partial charge in [-0.2, -0.15) is 0 Å². The highest BCUT2D eigenvalue weighted by Gasteiger charge is 2.43. The predicted molar refractivity (Wildman–Crippen MR) is 150 cm³/mol. The predicted octanol–water partition coefficient (Wildman–Crippen LogP) is 7.21. The molecule has 1 rings (SSSR count). The van der Waals surface area contributed by atoms with Crippen LogP contribution in [0.2, 0.25) is 0 Å². The maximum Gasteiger partial charge on any atom is 0.328 e. The van der Waals surface area contributed by atoms with E-state index in [0.717, 1.165) is 44.1 Å². The second-order valence-corrected chi connectivity index (χ2v) is 11.2. The molecule has 0 aromatic rings. The summed E-state index contributed by atoms with van der Waals surface area (Å²) in [5.41, 5.74) is 2.55. The molecule has 212 valence electrons. The van der Waals surface area contributed by atoms with Gasteiger partial charge < -0.3 is 14.8 Å². The maximum absolute atomic E-state index is 13.0. The zero-order valence-electron chi connectivity index (χ0n) is 24.4. The van der Waals surface area contributed by atoms with Gasteiger partial charge in [-0.15, -0.1) is 0 Å². The van der Waals surface area contributed by atoms with E-state index in [-0.39, 0.29) is 23.9 Å². The lowest BCUT2D eigenvalue weighted by Crippen LogP contribution is -2.48. The molecule has 37 heavy (non-hydrogen) atoms. The number of ether oxygens (including phenoxy) is 2. The second-order valence-electron chi connectivity index (χ2n) is 11.2. The number of cyclic esters (lactones) is 1. The van der Waals surface area contributed by atoms with E-state index in [1.54, 1.807) is 0 Å². The van der Waals surface area contributed by atoms with Crippen molar-refractivity contribution in [2.24, 2.45) is 11.8 Å². The second kappa shape index (κ2) is 19.0. The van der Waals surface area contributed by atoms with Gasteiger partial charge in [-0.1, -0.05) is 89.5 Å². The number of hydrogen-bond donors (Lipinski definition) is 1. The molecule has 0 radical (unpaired) electrons. The molecule has 6 heteroatoms. The highest BCUT2D eigenvalue weighted by molar-refractivity contribution is 5.79. The molecule has 1 aliphatic heterocycles. The number of nitrogens with one attached hydrogen (secondary N) is 1. The summed E-state index contributed by atoms with van der Waals surface area (Å²) in [7, 11) is 0. The van der Waals surface area contributed by atoms with Crippen molar-refractivity contribution in [3.63, 3.8) is 0 Å². The Kier molecular flexibility index (Phi) is 16.9. The Labute approximate surface area is 226 Å². The van der Waals surface area contributed by atoms with Crippen LogP contribution in [0.3, 0.4) is 0 Å². The van der Waals surface area contributed by atoms with Gasteiger partial charge in [0.2, 0.25) is 6.41 Å². The monoisotopic (exact) mass is 519 g/mol. The van der Waals surface area contributed by atoms with Crippen LogP contribution in [-0.2, 0) is 23.9 Å². The van der Waals surface area contributed by atoms with Crippen molar-refractivity contribution in [3.8, 4) is 0 Å². The zero-order chi connectivity index (χ0) is 27.6. The van der Waals surface area contributed by atoms with Gasteiger partial charge in [0.1, 0.15) is 18.2 Å². The lowest BCUT2D eigenvalue weighted by atomic mass is 9.86. The van der Waals surface area contributed by atoms with Crippen LogP contribution in [0.25, 0.3) is 0 Å². The quantitative estimate of drug-likeness (QED) is 0.0749. The first-order valence-corrected chi connectivity index (χ1v) is 14.6. The highest BCUT2D eigenvalue weighted by Crippen LogP contribution is 2.33. The summed E-state index contributed by atoms with van der Waals surface area (Å²) in [6.07, 6.45) is 17.0. The van der Waals surface area contributed by atoms with Gasteiger partial charge in [-0.25, -0.2) is 4.79 Å². The van der Waals surface area contributed by atoms with E-state index in [1.165, 1.54) is 31.3 Å². The number of carbonyl (C=O) groups excluding carboxylic acids is 3. The minimum absolute atomic E-state index is 0.115. The molecule has 1 fully saturated rings. The van der Waals surface area contributed by atoms with E-state index in [1.807, 2.05) is 13.8 Å². The van der Waals surface area contributed by atoms with Crippen LogP contribution in [0, 0.1) is 11.8 Å². The number of esters is 2. The van der Waals surface area contributed by atoms with Gasteiger partial charge in [0.15, 0.2) is 0 Å². The van der Waals surface area contributed by atoms with E-state index in [0.29, 0.717) is 25.7 Å². The molecule has 1 heterocycles. The summed E-state index contributed by atoms with van der Waals surface area (Å²) in [5.74, 6) is -0.439. The topological polar surface area (TPSA) is 81.7 Å². The molecule has 0 aromatic heterocycles. The third-order valence-electron chi connectivity index (χ3n) is 7.08. The van der Waals surface area contributed by atoms with Gasteiger partial charge in [-0.05, 0) is 51.9 Å². The first kappa shape index (κ1) is 32.9. The summed E-state index contributed by atoms with van der Waals surface area (Å²) in [6.45, 7) is 12.6. The molecule has 0 saturated carbocycles. The molecule has 0 bridgehead atoms. The Hall–Kier alpha value is -2.11. The van der Waals surface area contributed by atoms with E-state index >= 15 is 0 Å². The standard InChI is InChI=1S/C31H53NO5/c1-7-9-11-13-18-27-29(37-30(27)34)21-26(36-31(35)28(32-22-33)19-23(3)4)20-25(6)17-14-16-24(5)15-12-10-8-2/h16-17,22-23,26-29H,7-15,18-21H2,1-6H3,(H,32,33)/b24-16+,25-17+. The van der Waals surface area contributed by atoms with Crippen molar-refractivity contribution in [1.82, 2.24) is 5.32 Å². The molecule has 1 amide bonds. The van der Waals surface area contributed by atoms with Crippen molar-refractivity contribution in [2.45, 2.75) is 143 Å². The Morgan fingerprint density at radius 1 is 1.03 bits per heavy atom. The van der Waals surface area contributed by atoms with Gasteiger partial charge in [0.25, 0.3) is 0 Å². The fourth-order valence-corrected chi connectivity index (χ4v) is 4.83. The van der Waals surface area contributed by atoms with Crippen molar-refractivity contribution in [2.75, 3.05) is 0 Å². The Morgan fingerprint density at radius 2 is 1.70 bits per heavy atom. The van der Waals surface area contributed by atoms with E-state index in [4.69, 9.17) is 9.47 Å². The average Bonchev–Trinajstić information content (AvgIpc) is 2.83. The third-order valence-corrected chi connectivity index (χ3v) is 7.08. The summed E-state index contributed by atoms with van der Waals surface area (Å²) >= 11 is 0. The molecular weight excluding hydrogens is 466 g/mol. The Morgan fingerprint density at radius 3 is 2.32 bits per heavy atom. The minimum Gasteiger partial charge on any atom is -0.461 e. The van der Waals surface area contributed by atoms with Crippen LogP contribution in [0.15, 0.2) is 23.3 Å². The maximum atomic E-state index is 13.0. The van der Waals surface area contributed by atoms with Crippen molar-refractivity contribution in [3.05, 3.63) is 23.3 Å². The lowest BCUT2D eigenvalue weighted by molar-refractivity contribution is -0.190. The van der Waals surface area contributed by atoms with Crippen molar-refractivity contribution >= 4 is 18.3 Å².